The van der Waals surface area contributed by atoms with E-state index in [0.717, 1.165) is 19.3 Å². The fourth-order valence-corrected chi connectivity index (χ4v) is 4.70. The van der Waals surface area contributed by atoms with Gasteiger partial charge in [-0.05, 0) is 43.2 Å². The highest BCUT2D eigenvalue weighted by Crippen LogP contribution is 2.44. The molecule has 30 heavy (non-hydrogen) atoms. The van der Waals surface area contributed by atoms with Crippen molar-refractivity contribution in [2.45, 2.75) is 37.8 Å². The van der Waals surface area contributed by atoms with Crippen LogP contribution in [0.1, 0.15) is 52.0 Å². The standard InChI is InChI=1S/C24H26N2O4/c27-14-21(24(30)25-20-12-15-9-10-17(20)11-15)26-23(29)19-8-4-7-18(13-19)22(28)16-5-2-1-3-6-16/h1-8,13,15,17,20-21,27H,9-12,14H2,(H,25,30)(H,26,29). The van der Waals surface area contributed by atoms with Gasteiger partial charge in [0.1, 0.15) is 6.04 Å². The Balaban J connectivity index is 1.41. The van der Waals surface area contributed by atoms with Crippen molar-refractivity contribution in [3.8, 4) is 0 Å². The van der Waals surface area contributed by atoms with E-state index >= 15 is 0 Å². The van der Waals surface area contributed by atoms with E-state index in [-0.39, 0.29) is 23.3 Å². The first-order valence-corrected chi connectivity index (χ1v) is 10.5. The highest BCUT2D eigenvalue weighted by molar-refractivity contribution is 6.10. The number of rotatable bonds is 7. The molecule has 6 heteroatoms. The molecule has 0 heterocycles. The van der Waals surface area contributed by atoms with Crippen LogP contribution in [-0.4, -0.2) is 41.4 Å². The number of nitrogens with one attached hydrogen (secondary N) is 2. The SMILES string of the molecule is O=C(NC(CO)C(=O)NC1CC2CCC1C2)c1cccc(C(=O)c2ccccc2)c1. The average molecular weight is 406 g/mol. The second-order valence-electron chi connectivity index (χ2n) is 8.27. The van der Waals surface area contributed by atoms with Crippen LogP contribution in [0.15, 0.2) is 54.6 Å². The highest BCUT2D eigenvalue weighted by Gasteiger charge is 2.40. The molecule has 2 saturated carbocycles. The largest absolute Gasteiger partial charge is 0.394 e. The Kier molecular flexibility index (Phi) is 5.95. The van der Waals surface area contributed by atoms with Gasteiger partial charge in [-0.15, -0.1) is 0 Å². The molecule has 2 bridgehead atoms. The number of aliphatic hydroxyl groups is 1. The van der Waals surface area contributed by atoms with Crippen LogP contribution in [0.3, 0.4) is 0 Å². The minimum absolute atomic E-state index is 0.133. The predicted molar refractivity (Wildman–Crippen MR) is 112 cm³/mol. The van der Waals surface area contributed by atoms with Gasteiger partial charge in [0.25, 0.3) is 5.91 Å². The summed E-state index contributed by atoms with van der Waals surface area (Å²) in [5, 5.41) is 15.3. The van der Waals surface area contributed by atoms with Gasteiger partial charge >= 0.3 is 0 Å². The molecule has 6 nitrogen and oxygen atoms in total. The summed E-state index contributed by atoms with van der Waals surface area (Å²) >= 11 is 0. The van der Waals surface area contributed by atoms with Crippen LogP contribution in [0.2, 0.25) is 0 Å². The number of benzene rings is 2. The fraction of sp³-hybridized carbons (Fsp3) is 0.375. The quantitative estimate of drug-likeness (QED) is 0.615. The third-order valence-electron chi connectivity index (χ3n) is 6.29. The zero-order valence-corrected chi connectivity index (χ0v) is 16.7. The minimum Gasteiger partial charge on any atom is -0.394 e. The molecule has 156 valence electrons. The van der Waals surface area contributed by atoms with Crippen molar-refractivity contribution >= 4 is 17.6 Å². The molecule has 0 aromatic heterocycles. The first kappa shape index (κ1) is 20.3. The number of fused-ring (bicyclic) bond motifs is 2. The molecule has 4 atom stereocenters. The Morgan fingerprint density at radius 1 is 0.933 bits per heavy atom. The molecule has 0 saturated heterocycles. The zero-order chi connectivity index (χ0) is 21.1. The smallest absolute Gasteiger partial charge is 0.252 e. The Hall–Kier alpha value is -2.99. The van der Waals surface area contributed by atoms with E-state index in [4.69, 9.17) is 0 Å². The number of hydrogen-bond donors (Lipinski definition) is 3. The van der Waals surface area contributed by atoms with Crippen LogP contribution < -0.4 is 10.6 Å². The second-order valence-corrected chi connectivity index (χ2v) is 8.27. The van der Waals surface area contributed by atoms with Gasteiger partial charge in [0, 0.05) is 22.7 Å². The maximum atomic E-state index is 12.7. The average Bonchev–Trinajstić information content (AvgIpc) is 3.40. The van der Waals surface area contributed by atoms with Crippen LogP contribution >= 0.6 is 0 Å². The van der Waals surface area contributed by atoms with Crippen molar-refractivity contribution in [1.82, 2.24) is 10.6 Å². The summed E-state index contributed by atoms with van der Waals surface area (Å²) in [7, 11) is 0. The molecule has 2 aromatic carbocycles. The van der Waals surface area contributed by atoms with Crippen LogP contribution in [0.5, 0.6) is 0 Å². The second kappa shape index (κ2) is 8.79. The molecule has 2 amide bonds. The van der Waals surface area contributed by atoms with Gasteiger partial charge in [-0.2, -0.15) is 0 Å². The van der Waals surface area contributed by atoms with Gasteiger partial charge < -0.3 is 15.7 Å². The van der Waals surface area contributed by atoms with Crippen LogP contribution in [-0.2, 0) is 4.79 Å². The van der Waals surface area contributed by atoms with Gasteiger partial charge in [0.2, 0.25) is 5.91 Å². The molecule has 4 rings (SSSR count). The molecular formula is C24H26N2O4. The van der Waals surface area contributed by atoms with E-state index in [9.17, 15) is 19.5 Å². The van der Waals surface area contributed by atoms with E-state index in [2.05, 4.69) is 10.6 Å². The lowest BCUT2D eigenvalue weighted by atomic mass is 9.95. The van der Waals surface area contributed by atoms with E-state index in [0.29, 0.717) is 23.0 Å². The Morgan fingerprint density at radius 2 is 1.67 bits per heavy atom. The maximum absolute atomic E-state index is 12.7. The lowest BCUT2D eigenvalue weighted by Crippen LogP contribution is -2.52. The maximum Gasteiger partial charge on any atom is 0.252 e. The third-order valence-corrected chi connectivity index (χ3v) is 6.29. The first-order chi connectivity index (χ1) is 14.5. The Morgan fingerprint density at radius 3 is 2.33 bits per heavy atom. The molecular weight excluding hydrogens is 380 g/mol. The van der Waals surface area contributed by atoms with E-state index in [1.165, 1.54) is 12.5 Å². The lowest BCUT2D eigenvalue weighted by Gasteiger charge is -2.25. The predicted octanol–water partition coefficient (Wildman–Crippen LogP) is 2.31. The molecule has 3 N–H and O–H groups in total. The van der Waals surface area contributed by atoms with Crippen molar-refractivity contribution in [3.63, 3.8) is 0 Å². The molecule has 0 spiro atoms. The minimum atomic E-state index is -1.02. The molecule has 2 aromatic rings. The summed E-state index contributed by atoms with van der Waals surface area (Å²) in [6, 6.07) is 14.3. The van der Waals surface area contributed by atoms with E-state index in [1.54, 1.807) is 42.5 Å². The van der Waals surface area contributed by atoms with Gasteiger partial charge in [-0.1, -0.05) is 48.9 Å². The zero-order valence-electron chi connectivity index (χ0n) is 16.7. The van der Waals surface area contributed by atoms with Gasteiger partial charge in [0.05, 0.1) is 6.61 Å². The number of aliphatic hydroxyl groups excluding tert-OH is 1. The number of amides is 2. The van der Waals surface area contributed by atoms with Gasteiger partial charge in [-0.3, -0.25) is 14.4 Å². The summed E-state index contributed by atoms with van der Waals surface area (Å²) in [6.07, 6.45) is 4.50. The highest BCUT2D eigenvalue weighted by atomic mass is 16.3. The number of carbonyl (C=O) groups excluding carboxylic acids is 3. The summed E-state index contributed by atoms with van der Waals surface area (Å²) < 4.78 is 0. The normalized spacial score (nSPS) is 23.0. The molecule has 2 aliphatic rings. The Labute approximate surface area is 175 Å². The first-order valence-electron chi connectivity index (χ1n) is 10.5. The summed E-state index contributed by atoms with van der Waals surface area (Å²) in [5.41, 5.74) is 1.19. The van der Waals surface area contributed by atoms with Crippen molar-refractivity contribution in [3.05, 3.63) is 71.3 Å². The van der Waals surface area contributed by atoms with Gasteiger partial charge in [-0.25, -0.2) is 0 Å². The van der Waals surface area contributed by atoms with Crippen LogP contribution in [0.4, 0.5) is 0 Å². The lowest BCUT2D eigenvalue weighted by molar-refractivity contribution is -0.124. The molecule has 2 aliphatic carbocycles. The monoisotopic (exact) mass is 406 g/mol. The Bertz CT molecular complexity index is 943. The van der Waals surface area contributed by atoms with Crippen LogP contribution in [0.25, 0.3) is 0 Å². The summed E-state index contributed by atoms with van der Waals surface area (Å²) in [4.78, 5) is 37.9. The fourth-order valence-electron chi connectivity index (χ4n) is 4.70. The van der Waals surface area contributed by atoms with E-state index < -0.39 is 18.6 Å². The van der Waals surface area contributed by atoms with Gasteiger partial charge in [0.15, 0.2) is 5.78 Å². The van der Waals surface area contributed by atoms with Crippen molar-refractivity contribution in [2.75, 3.05) is 6.61 Å². The number of hydrogen-bond acceptors (Lipinski definition) is 4. The van der Waals surface area contributed by atoms with Crippen LogP contribution in [0, 0.1) is 11.8 Å². The third kappa shape index (κ3) is 4.28. The number of ketones is 1. The summed E-state index contributed by atoms with van der Waals surface area (Å²) in [5.74, 6) is 0.153. The van der Waals surface area contributed by atoms with Crippen molar-refractivity contribution < 1.29 is 19.5 Å². The molecule has 0 radical (unpaired) electrons. The van der Waals surface area contributed by atoms with E-state index in [1.807, 2.05) is 6.07 Å². The number of carbonyl (C=O) groups is 3. The summed E-state index contributed by atoms with van der Waals surface area (Å²) in [6.45, 7) is -0.485. The molecule has 0 aliphatic heterocycles. The molecule has 4 unspecified atom stereocenters. The molecule has 2 fully saturated rings. The topological polar surface area (TPSA) is 95.5 Å². The van der Waals surface area contributed by atoms with Crippen molar-refractivity contribution in [2.24, 2.45) is 11.8 Å². The van der Waals surface area contributed by atoms with Crippen molar-refractivity contribution in [1.29, 1.82) is 0 Å².